The van der Waals surface area contributed by atoms with Crippen LogP contribution < -0.4 is 4.72 Å². The Balaban J connectivity index is 1.85. The molecule has 1 aliphatic rings. The molecule has 0 bridgehead atoms. The number of H-pyrrole nitrogens is 1. The highest BCUT2D eigenvalue weighted by molar-refractivity contribution is 7.89. The fraction of sp³-hybridized carbons (Fsp3) is 0.533. The van der Waals surface area contributed by atoms with Gasteiger partial charge in [0.15, 0.2) is 0 Å². The molecule has 7 heteroatoms. The van der Waals surface area contributed by atoms with E-state index in [1.807, 2.05) is 0 Å². The first kappa shape index (κ1) is 15.5. The van der Waals surface area contributed by atoms with Crippen LogP contribution in [0.4, 0.5) is 0 Å². The van der Waals surface area contributed by atoms with Crippen LogP contribution in [0.25, 0.3) is 11.0 Å². The van der Waals surface area contributed by atoms with Crippen molar-refractivity contribution < 1.29 is 8.42 Å². The number of nitrogens with one attached hydrogen (secondary N) is 2. The van der Waals surface area contributed by atoms with Crippen molar-refractivity contribution in [2.45, 2.75) is 37.8 Å². The first-order valence-electron chi connectivity index (χ1n) is 7.57. The average molecular weight is 322 g/mol. The zero-order valence-electron chi connectivity index (χ0n) is 13.1. The smallest absolute Gasteiger partial charge is 0.243 e. The second kappa shape index (κ2) is 5.64. The van der Waals surface area contributed by atoms with Crippen molar-refractivity contribution in [3.8, 4) is 0 Å². The summed E-state index contributed by atoms with van der Waals surface area (Å²) in [5.74, 6) is 0.292. The lowest BCUT2D eigenvalue weighted by Gasteiger charge is -2.20. The van der Waals surface area contributed by atoms with Crippen molar-refractivity contribution in [3.63, 3.8) is 0 Å². The van der Waals surface area contributed by atoms with Crippen LogP contribution in [0.5, 0.6) is 0 Å². The fourth-order valence-corrected chi connectivity index (χ4v) is 4.50. The van der Waals surface area contributed by atoms with Gasteiger partial charge in [-0.25, -0.2) is 18.1 Å². The standard InChI is InChI=1S/C15H22N4O2S/c1-10(2)19-8-11(3)13(9-19)18-22(20,21)14-7-17-15-12(14)5-4-6-16-15/h4-7,10-11,13,18H,8-9H2,1-3H3,(H,16,17)/t11-,13+/m0/s1. The summed E-state index contributed by atoms with van der Waals surface area (Å²) in [6.07, 6.45) is 3.15. The maximum atomic E-state index is 12.7. The first-order chi connectivity index (χ1) is 10.4. The minimum atomic E-state index is -3.56. The third-order valence-corrected chi connectivity index (χ3v) is 5.91. The molecule has 1 fully saturated rings. The summed E-state index contributed by atoms with van der Waals surface area (Å²) in [7, 11) is -3.56. The summed E-state index contributed by atoms with van der Waals surface area (Å²) in [6.45, 7) is 8.02. The van der Waals surface area contributed by atoms with Crippen LogP contribution in [-0.2, 0) is 10.0 Å². The van der Waals surface area contributed by atoms with Gasteiger partial charge in [0.1, 0.15) is 10.5 Å². The maximum absolute atomic E-state index is 12.7. The minimum Gasteiger partial charge on any atom is -0.345 e. The van der Waals surface area contributed by atoms with Crippen LogP contribution in [0, 0.1) is 5.92 Å². The molecular weight excluding hydrogens is 300 g/mol. The van der Waals surface area contributed by atoms with Crippen LogP contribution in [0.1, 0.15) is 20.8 Å². The Labute approximate surface area is 131 Å². The van der Waals surface area contributed by atoms with E-state index in [2.05, 4.69) is 40.4 Å². The van der Waals surface area contributed by atoms with Gasteiger partial charge in [0.2, 0.25) is 10.0 Å². The van der Waals surface area contributed by atoms with Crippen LogP contribution in [-0.4, -0.2) is 48.5 Å². The monoisotopic (exact) mass is 322 g/mol. The molecular formula is C15H22N4O2S. The minimum absolute atomic E-state index is 0.0611. The van der Waals surface area contributed by atoms with Gasteiger partial charge in [-0.2, -0.15) is 0 Å². The van der Waals surface area contributed by atoms with Gasteiger partial charge >= 0.3 is 0 Å². The normalized spacial score (nSPS) is 23.6. The number of fused-ring (bicyclic) bond motifs is 1. The van der Waals surface area contributed by atoms with Crippen molar-refractivity contribution in [2.24, 2.45) is 5.92 Å². The lowest BCUT2D eigenvalue weighted by Crippen LogP contribution is -2.40. The molecule has 3 heterocycles. The number of aromatic amines is 1. The first-order valence-corrected chi connectivity index (χ1v) is 9.05. The van der Waals surface area contributed by atoms with E-state index in [1.165, 1.54) is 6.20 Å². The Hall–Kier alpha value is -1.44. The molecule has 1 aliphatic heterocycles. The van der Waals surface area contributed by atoms with Crippen molar-refractivity contribution in [2.75, 3.05) is 13.1 Å². The highest BCUT2D eigenvalue weighted by Crippen LogP contribution is 2.24. The molecule has 6 nitrogen and oxygen atoms in total. The Morgan fingerprint density at radius 2 is 2.18 bits per heavy atom. The highest BCUT2D eigenvalue weighted by Gasteiger charge is 2.34. The predicted octanol–water partition coefficient (Wildman–Crippen LogP) is 1.57. The van der Waals surface area contributed by atoms with E-state index >= 15 is 0 Å². The molecule has 0 unspecified atom stereocenters. The van der Waals surface area contributed by atoms with E-state index in [9.17, 15) is 8.42 Å². The van der Waals surface area contributed by atoms with Gasteiger partial charge < -0.3 is 4.98 Å². The van der Waals surface area contributed by atoms with Crippen molar-refractivity contribution in [1.29, 1.82) is 0 Å². The number of hydrogen-bond acceptors (Lipinski definition) is 4. The lowest BCUT2D eigenvalue weighted by atomic mass is 10.1. The van der Waals surface area contributed by atoms with Crippen molar-refractivity contribution in [3.05, 3.63) is 24.5 Å². The molecule has 2 atom stereocenters. The second-order valence-electron chi connectivity index (χ2n) is 6.31. The van der Waals surface area contributed by atoms with Gasteiger partial charge in [0.25, 0.3) is 0 Å². The zero-order chi connectivity index (χ0) is 15.9. The molecule has 3 rings (SSSR count). The molecule has 22 heavy (non-hydrogen) atoms. The molecule has 0 radical (unpaired) electrons. The van der Waals surface area contributed by atoms with Gasteiger partial charge in [-0.15, -0.1) is 0 Å². The summed E-state index contributed by atoms with van der Waals surface area (Å²) < 4.78 is 28.3. The van der Waals surface area contributed by atoms with Crippen LogP contribution >= 0.6 is 0 Å². The molecule has 120 valence electrons. The Morgan fingerprint density at radius 1 is 1.41 bits per heavy atom. The second-order valence-corrected chi connectivity index (χ2v) is 7.99. The molecule has 0 aromatic carbocycles. The summed E-state index contributed by atoms with van der Waals surface area (Å²) in [5, 5.41) is 0.626. The number of hydrogen-bond donors (Lipinski definition) is 2. The summed E-state index contributed by atoms with van der Waals surface area (Å²) in [6, 6.07) is 3.88. The Kier molecular flexibility index (Phi) is 3.96. The number of aromatic nitrogens is 2. The fourth-order valence-electron chi connectivity index (χ4n) is 3.00. The van der Waals surface area contributed by atoms with E-state index in [-0.39, 0.29) is 10.9 Å². The van der Waals surface area contributed by atoms with Crippen LogP contribution in [0.15, 0.2) is 29.4 Å². The molecule has 0 saturated carbocycles. The SMILES string of the molecule is CC(C)N1C[C@H](C)[C@H](NS(=O)(=O)c2c[nH]c3ncccc23)C1. The van der Waals surface area contributed by atoms with E-state index in [0.29, 0.717) is 23.0 Å². The van der Waals surface area contributed by atoms with Gasteiger partial charge in [0, 0.05) is 43.0 Å². The lowest BCUT2D eigenvalue weighted by molar-refractivity contribution is 0.265. The number of likely N-dealkylation sites (tertiary alicyclic amines) is 1. The van der Waals surface area contributed by atoms with Crippen LogP contribution in [0.2, 0.25) is 0 Å². The number of pyridine rings is 1. The van der Waals surface area contributed by atoms with E-state index in [1.54, 1.807) is 18.3 Å². The summed E-state index contributed by atoms with van der Waals surface area (Å²) >= 11 is 0. The molecule has 2 aromatic heterocycles. The summed E-state index contributed by atoms with van der Waals surface area (Å²) in [5.41, 5.74) is 0.589. The number of nitrogens with zero attached hydrogens (tertiary/aromatic N) is 2. The van der Waals surface area contributed by atoms with Gasteiger partial charge in [-0.1, -0.05) is 6.92 Å². The van der Waals surface area contributed by atoms with Crippen molar-refractivity contribution in [1.82, 2.24) is 19.6 Å². The largest absolute Gasteiger partial charge is 0.345 e. The zero-order valence-corrected chi connectivity index (χ0v) is 13.9. The molecule has 2 aromatic rings. The third-order valence-electron chi connectivity index (χ3n) is 4.38. The molecule has 0 spiro atoms. The van der Waals surface area contributed by atoms with E-state index in [0.717, 1.165) is 13.1 Å². The average Bonchev–Trinajstić information content (AvgIpc) is 3.03. The Morgan fingerprint density at radius 3 is 2.86 bits per heavy atom. The third kappa shape index (κ3) is 2.76. The predicted molar refractivity (Wildman–Crippen MR) is 86.1 cm³/mol. The van der Waals surface area contributed by atoms with E-state index in [4.69, 9.17) is 0 Å². The molecule has 0 aliphatic carbocycles. The molecule has 1 saturated heterocycles. The summed E-state index contributed by atoms with van der Waals surface area (Å²) in [4.78, 5) is 9.63. The number of sulfonamides is 1. The number of rotatable bonds is 4. The Bertz CT molecular complexity index is 769. The van der Waals surface area contributed by atoms with Gasteiger partial charge in [-0.05, 0) is 31.9 Å². The van der Waals surface area contributed by atoms with E-state index < -0.39 is 10.0 Å². The van der Waals surface area contributed by atoms with Gasteiger partial charge in [0.05, 0.1) is 0 Å². The molecule has 2 N–H and O–H groups in total. The van der Waals surface area contributed by atoms with Crippen LogP contribution in [0.3, 0.4) is 0 Å². The topological polar surface area (TPSA) is 78.1 Å². The highest BCUT2D eigenvalue weighted by atomic mass is 32.2. The van der Waals surface area contributed by atoms with Crippen molar-refractivity contribution >= 4 is 21.1 Å². The quantitative estimate of drug-likeness (QED) is 0.896. The maximum Gasteiger partial charge on any atom is 0.243 e. The molecule has 0 amide bonds. The van der Waals surface area contributed by atoms with Gasteiger partial charge in [-0.3, -0.25) is 4.90 Å².